The largest absolute Gasteiger partial charge is 0.337 e. The molecule has 5 heteroatoms. The first kappa shape index (κ1) is 16.9. The van der Waals surface area contributed by atoms with Crippen molar-refractivity contribution in [3.63, 3.8) is 0 Å². The number of hydrogen-bond acceptors (Lipinski definition) is 3. The number of carbonyl (C=O) groups excluding carboxylic acids is 1. The smallest absolute Gasteiger partial charge is 0.233 e. The third kappa shape index (κ3) is 3.40. The van der Waals surface area contributed by atoms with Crippen molar-refractivity contribution in [2.45, 2.75) is 18.1 Å². The summed E-state index contributed by atoms with van der Waals surface area (Å²) in [6, 6.07) is 18.6. The molecule has 2 aromatic carbocycles. The average Bonchev–Trinajstić information content (AvgIpc) is 3.07. The van der Waals surface area contributed by atoms with Crippen LogP contribution in [0.5, 0.6) is 0 Å². The van der Waals surface area contributed by atoms with Crippen LogP contribution in [0.25, 0.3) is 11.3 Å². The van der Waals surface area contributed by atoms with Gasteiger partial charge in [0, 0.05) is 20.1 Å². The maximum absolute atomic E-state index is 12.6. The van der Waals surface area contributed by atoms with Gasteiger partial charge < -0.3 is 9.47 Å². The van der Waals surface area contributed by atoms with Crippen molar-refractivity contribution in [1.82, 2.24) is 14.5 Å². The van der Waals surface area contributed by atoms with Crippen LogP contribution < -0.4 is 0 Å². The molecule has 132 valence electrons. The summed E-state index contributed by atoms with van der Waals surface area (Å²) in [5.74, 6) is 0.593. The summed E-state index contributed by atoms with van der Waals surface area (Å²) in [7, 11) is 2.00. The molecule has 0 radical (unpaired) electrons. The van der Waals surface area contributed by atoms with Gasteiger partial charge in [0.2, 0.25) is 5.91 Å². The van der Waals surface area contributed by atoms with Crippen LogP contribution in [0.4, 0.5) is 0 Å². The van der Waals surface area contributed by atoms with E-state index < -0.39 is 0 Å². The minimum absolute atomic E-state index is 0.175. The molecule has 1 aliphatic heterocycles. The van der Waals surface area contributed by atoms with Crippen LogP contribution in [-0.2, 0) is 24.8 Å². The number of rotatable bonds is 4. The number of nitrogens with zero attached hydrogens (tertiary/aromatic N) is 3. The van der Waals surface area contributed by atoms with Gasteiger partial charge in [0.15, 0.2) is 5.16 Å². The zero-order chi connectivity index (χ0) is 17.9. The van der Waals surface area contributed by atoms with Gasteiger partial charge in [0.25, 0.3) is 0 Å². The van der Waals surface area contributed by atoms with E-state index in [1.807, 2.05) is 42.4 Å². The molecule has 1 aromatic heterocycles. The molecule has 0 saturated carbocycles. The molecule has 0 fully saturated rings. The molecule has 2 heterocycles. The molecule has 0 bridgehead atoms. The number of aromatic nitrogens is 2. The Morgan fingerprint density at radius 3 is 2.62 bits per heavy atom. The highest BCUT2D eigenvalue weighted by atomic mass is 32.2. The molecular weight excluding hydrogens is 342 g/mol. The van der Waals surface area contributed by atoms with Crippen LogP contribution >= 0.6 is 11.8 Å². The molecule has 0 saturated heterocycles. The maximum Gasteiger partial charge on any atom is 0.233 e. The molecule has 0 atom stereocenters. The standard InChI is InChI=1S/C21H21N3OS/c1-23-19(17-8-3-2-4-9-17)13-22-21(23)26-15-20(25)24-12-11-16-7-5-6-10-18(16)14-24/h2-10,13H,11-12,14-15H2,1H3. The van der Waals surface area contributed by atoms with Gasteiger partial charge in [-0.05, 0) is 23.1 Å². The fraction of sp³-hybridized carbons (Fsp3) is 0.238. The number of amides is 1. The van der Waals surface area contributed by atoms with Crippen molar-refractivity contribution in [3.05, 3.63) is 71.9 Å². The summed E-state index contributed by atoms with van der Waals surface area (Å²) in [6.07, 6.45) is 2.81. The van der Waals surface area contributed by atoms with Crippen LogP contribution in [0.1, 0.15) is 11.1 Å². The van der Waals surface area contributed by atoms with E-state index in [2.05, 4.69) is 39.9 Å². The van der Waals surface area contributed by atoms with Crippen molar-refractivity contribution in [1.29, 1.82) is 0 Å². The second-order valence-corrected chi connectivity index (χ2v) is 7.42. The Morgan fingerprint density at radius 1 is 1.08 bits per heavy atom. The van der Waals surface area contributed by atoms with Gasteiger partial charge in [-0.15, -0.1) is 0 Å². The Hall–Kier alpha value is -2.53. The highest BCUT2D eigenvalue weighted by Gasteiger charge is 2.21. The highest BCUT2D eigenvalue weighted by molar-refractivity contribution is 7.99. The Bertz CT molecular complexity index is 920. The second kappa shape index (κ2) is 7.38. The van der Waals surface area contributed by atoms with Gasteiger partial charge in [-0.1, -0.05) is 66.4 Å². The van der Waals surface area contributed by atoms with E-state index in [-0.39, 0.29) is 5.91 Å². The Balaban J connectivity index is 1.41. The first-order valence-electron chi connectivity index (χ1n) is 8.77. The number of imidazole rings is 1. The minimum Gasteiger partial charge on any atom is -0.337 e. The van der Waals surface area contributed by atoms with Crippen molar-refractivity contribution in [2.24, 2.45) is 7.05 Å². The molecule has 26 heavy (non-hydrogen) atoms. The van der Waals surface area contributed by atoms with Crippen LogP contribution in [0.3, 0.4) is 0 Å². The van der Waals surface area contributed by atoms with E-state index in [4.69, 9.17) is 0 Å². The maximum atomic E-state index is 12.6. The van der Waals surface area contributed by atoms with Gasteiger partial charge in [-0.25, -0.2) is 4.98 Å². The summed E-state index contributed by atoms with van der Waals surface area (Å²) in [5.41, 5.74) is 4.82. The van der Waals surface area contributed by atoms with E-state index in [0.717, 1.165) is 29.4 Å². The molecule has 0 spiro atoms. The first-order chi connectivity index (χ1) is 12.7. The van der Waals surface area contributed by atoms with Gasteiger partial charge >= 0.3 is 0 Å². The third-order valence-corrected chi connectivity index (χ3v) is 5.85. The van der Waals surface area contributed by atoms with E-state index in [1.54, 1.807) is 0 Å². The van der Waals surface area contributed by atoms with E-state index >= 15 is 0 Å². The molecule has 4 rings (SSSR count). The molecule has 0 unspecified atom stereocenters. The second-order valence-electron chi connectivity index (χ2n) is 6.47. The quantitative estimate of drug-likeness (QED) is 0.663. The lowest BCUT2D eigenvalue weighted by molar-refractivity contribution is -0.129. The number of carbonyl (C=O) groups is 1. The summed E-state index contributed by atoms with van der Waals surface area (Å²) in [6.45, 7) is 1.51. The highest BCUT2D eigenvalue weighted by Crippen LogP contribution is 2.25. The zero-order valence-electron chi connectivity index (χ0n) is 14.8. The van der Waals surface area contributed by atoms with Crippen LogP contribution in [0.2, 0.25) is 0 Å². The lowest BCUT2D eigenvalue weighted by Gasteiger charge is -2.28. The fourth-order valence-electron chi connectivity index (χ4n) is 3.33. The lowest BCUT2D eigenvalue weighted by Crippen LogP contribution is -2.37. The number of benzene rings is 2. The van der Waals surface area contributed by atoms with Gasteiger partial charge in [-0.2, -0.15) is 0 Å². The van der Waals surface area contributed by atoms with Crippen LogP contribution in [0.15, 0.2) is 66.0 Å². The zero-order valence-corrected chi connectivity index (χ0v) is 15.6. The number of thioether (sulfide) groups is 1. The van der Waals surface area contributed by atoms with E-state index in [1.165, 1.54) is 22.9 Å². The number of hydrogen-bond donors (Lipinski definition) is 0. The Labute approximate surface area is 157 Å². The topological polar surface area (TPSA) is 38.1 Å². The summed E-state index contributed by atoms with van der Waals surface area (Å²) < 4.78 is 2.05. The molecule has 1 amide bonds. The summed E-state index contributed by atoms with van der Waals surface area (Å²) in [4.78, 5) is 19.1. The SMILES string of the molecule is Cn1c(-c2ccccc2)cnc1SCC(=O)N1CCc2ccccc2C1. The summed E-state index contributed by atoms with van der Waals surface area (Å²) >= 11 is 1.51. The van der Waals surface area contributed by atoms with Crippen LogP contribution in [-0.4, -0.2) is 32.7 Å². The van der Waals surface area contributed by atoms with Gasteiger partial charge in [-0.3, -0.25) is 4.79 Å². The third-order valence-electron chi connectivity index (χ3n) is 4.82. The lowest BCUT2D eigenvalue weighted by atomic mass is 10.00. The molecule has 0 aliphatic carbocycles. The van der Waals surface area contributed by atoms with Crippen molar-refractivity contribution >= 4 is 17.7 Å². The molecule has 4 nitrogen and oxygen atoms in total. The van der Waals surface area contributed by atoms with Crippen molar-refractivity contribution in [2.75, 3.05) is 12.3 Å². The summed E-state index contributed by atoms with van der Waals surface area (Å²) in [5, 5.41) is 0.870. The van der Waals surface area contributed by atoms with Crippen molar-refractivity contribution < 1.29 is 4.79 Å². The monoisotopic (exact) mass is 363 g/mol. The Morgan fingerprint density at radius 2 is 1.81 bits per heavy atom. The normalized spacial score (nSPS) is 13.5. The van der Waals surface area contributed by atoms with Crippen molar-refractivity contribution in [3.8, 4) is 11.3 Å². The van der Waals surface area contributed by atoms with E-state index in [9.17, 15) is 4.79 Å². The van der Waals surface area contributed by atoms with Gasteiger partial charge in [0.1, 0.15) is 0 Å². The Kier molecular flexibility index (Phi) is 4.80. The predicted octanol–water partition coefficient (Wildman–Crippen LogP) is 3.76. The molecule has 3 aromatic rings. The van der Waals surface area contributed by atoms with Crippen LogP contribution in [0, 0.1) is 0 Å². The molecule has 1 aliphatic rings. The average molecular weight is 363 g/mol. The first-order valence-corrected chi connectivity index (χ1v) is 9.75. The van der Waals surface area contributed by atoms with E-state index in [0.29, 0.717) is 12.3 Å². The number of fused-ring (bicyclic) bond motifs is 1. The predicted molar refractivity (Wildman–Crippen MR) is 105 cm³/mol. The molecular formula is C21H21N3OS. The minimum atomic E-state index is 0.175. The molecule has 0 N–H and O–H groups in total. The van der Waals surface area contributed by atoms with Gasteiger partial charge in [0.05, 0.1) is 17.6 Å². The fourth-order valence-corrected chi connectivity index (χ4v) is 4.18.